The first-order chi connectivity index (χ1) is 11.4. The van der Waals surface area contributed by atoms with Crippen LogP contribution < -0.4 is 9.84 Å². The molecule has 1 aliphatic rings. The van der Waals surface area contributed by atoms with E-state index in [0.717, 1.165) is 5.56 Å². The smallest absolute Gasteiger partial charge is 0.172 e. The number of aliphatic carboxylic acids is 1. The van der Waals surface area contributed by atoms with Gasteiger partial charge in [-0.15, -0.1) is 0 Å². The summed E-state index contributed by atoms with van der Waals surface area (Å²) in [5.41, 5.74) is 1.84. The van der Waals surface area contributed by atoms with Crippen LogP contribution in [0.4, 0.5) is 0 Å². The van der Waals surface area contributed by atoms with Crippen molar-refractivity contribution in [3.8, 4) is 5.75 Å². The van der Waals surface area contributed by atoms with Gasteiger partial charge >= 0.3 is 0 Å². The maximum absolute atomic E-state index is 12.7. The molecular weight excluding hydrogens is 375 g/mol. The molecule has 2 aromatic carbocycles. The van der Waals surface area contributed by atoms with E-state index < -0.39 is 12.6 Å². The molecule has 3 rings (SSSR count). The molecule has 0 bridgehead atoms. The molecule has 0 saturated carbocycles. The maximum Gasteiger partial charge on any atom is 0.172 e. The fraction of sp³-hybridized carbons (Fsp3) is 0.176. The summed E-state index contributed by atoms with van der Waals surface area (Å²) in [6, 6.07) is 8.58. The topological polar surface area (TPSA) is 66.4 Å². The van der Waals surface area contributed by atoms with Crippen LogP contribution in [0.2, 0.25) is 15.1 Å². The third kappa shape index (κ3) is 3.09. The summed E-state index contributed by atoms with van der Waals surface area (Å²) in [7, 11) is 0. The van der Waals surface area contributed by atoms with Crippen molar-refractivity contribution in [1.29, 1.82) is 0 Å². The van der Waals surface area contributed by atoms with E-state index in [2.05, 4.69) is 0 Å². The molecule has 124 valence electrons. The molecule has 0 saturated heterocycles. The van der Waals surface area contributed by atoms with Gasteiger partial charge in [-0.2, -0.15) is 0 Å². The number of halogens is 3. The lowest BCUT2D eigenvalue weighted by Gasteiger charge is -2.12. The van der Waals surface area contributed by atoms with Crippen LogP contribution in [0.3, 0.4) is 0 Å². The van der Waals surface area contributed by atoms with Crippen LogP contribution in [0.1, 0.15) is 27.4 Å². The molecule has 1 aliphatic carbocycles. The number of rotatable bonds is 4. The van der Waals surface area contributed by atoms with Crippen molar-refractivity contribution in [3.63, 3.8) is 0 Å². The first-order valence-electron chi connectivity index (χ1n) is 7.01. The van der Waals surface area contributed by atoms with E-state index >= 15 is 0 Å². The van der Waals surface area contributed by atoms with Crippen molar-refractivity contribution in [2.24, 2.45) is 0 Å². The number of fused-ring (bicyclic) bond motifs is 1. The second-order valence-electron chi connectivity index (χ2n) is 5.37. The number of carbonyl (C=O) groups is 2. The lowest BCUT2D eigenvalue weighted by Crippen LogP contribution is -2.29. The third-order valence-corrected chi connectivity index (χ3v) is 4.96. The van der Waals surface area contributed by atoms with Gasteiger partial charge in [0.2, 0.25) is 0 Å². The monoisotopic (exact) mass is 383 g/mol. The van der Waals surface area contributed by atoms with Gasteiger partial charge in [0, 0.05) is 10.6 Å². The van der Waals surface area contributed by atoms with E-state index in [4.69, 9.17) is 39.5 Å². The Morgan fingerprint density at radius 2 is 1.83 bits per heavy atom. The highest BCUT2D eigenvalue weighted by atomic mass is 35.5. The van der Waals surface area contributed by atoms with Gasteiger partial charge in [0.05, 0.1) is 16.9 Å². The summed E-state index contributed by atoms with van der Waals surface area (Å²) >= 11 is 18.2. The molecule has 0 N–H and O–H groups in total. The standard InChI is InChI=1S/C17H11Cl3O4/c18-10-3-1-8(2-4-10)11-5-9-6-12(24-7-13(21)22)15(19)16(20)14(9)17(11)23/h1-4,6,11H,5,7H2,(H,21,22)/p-1. The number of hydrogen-bond donors (Lipinski definition) is 0. The minimum atomic E-state index is -1.38. The molecule has 2 aromatic rings. The average molecular weight is 385 g/mol. The molecule has 0 aliphatic heterocycles. The lowest BCUT2D eigenvalue weighted by molar-refractivity contribution is -0.307. The van der Waals surface area contributed by atoms with Gasteiger partial charge in [-0.05, 0) is 35.7 Å². The Kier molecular flexibility index (Phi) is 4.72. The molecule has 24 heavy (non-hydrogen) atoms. The van der Waals surface area contributed by atoms with Crippen LogP contribution in [-0.2, 0) is 11.2 Å². The SMILES string of the molecule is O=C([O-])COc1cc2c(c(Cl)c1Cl)C(=O)C(c1ccc(Cl)cc1)C2. The molecule has 0 heterocycles. The molecule has 0 aromatic heterocycles. The first kappa shape index (κ1) is 17.1. The van der Waals surface area contributed by atoms with Crippen molar-refractivity contribution < 1.29 is 19.4 Å². The van der Waals surface area contributed by atoms with Crippen molar-refractivity contribution in [2.45, 2.75) is 12.3 Å². The number of hydrogen-bond acceptors (Lipinski definition) is 4. The van der Waals surface area contributed by atoms with Crippen LogP contribution in [0.15, 0.2) is 30.3 Å². The molecule has 0 radical (unpaired) electrons. The van der Waals surface area contributed by atoms with Gasteiger partial charge in [0.15, 0.2) is 5.78 Å². The number of Topliss-reactive ketones (excluding diaryl/α,β-unsaturated/α-hetero) is 1. The zero-order valence-corrected chi connectivity index (χ0v) is 14.4. The minimum Gasteiger partial charge on any atom is -0.546 e. The first-order valence-corrected chi connectivity index (χ1v) is 8.15. The summed E-state index contributed by atoms with van der Waals surface area (Å²) in [5.74, 6) is -1.78. The Morgan fingerprint density at radius 3 is 2.46 bits per heavy atom. The lowest BCUT2D eigenvalue weighted by atomic mass is 9.95. The van der Waals surface area contributed by atoms with Gasteiger partial charge in [0.25, 0.3) is 0 Å². The summed E-state index contributed by atoms with van der Waals surface area (Å²) < 4.78 is 5.09. The van der Waals surface area contributed by atoms with Crippen molar-refractivity contribution >= 4 is 46.6 Å². The number of carbonyl (C=O) groups excluding carboxylic acids is 2. The van der Waals surface area contributed by atoms with Gasteiger partial charge in [-0.1, -0.05) is 46.9 Å². The van der Waals surface area contributed by atoms with Crippen molar-refractivity contribution in [1.82, 2.24) is 0 Å². The Labute approximate surface area is 152 Å². The van der Waals surface area contributed by atoms with Gasteiger partial charge in [-0.3, -0.25) is 4.79 Å². The predicted molar refractivity (Wildman–Crippen MR) is 89.2 cm³/mol. The highest BCUT2D eigenvalue weighted by molar-refractivity contribution is 6.45. The quantitative estimate of drug-likeness (QED) is 0.811. The molecule has 1 unspecified atom stereocenters. The number of benzene rings is 2. The molecule has 0 amide bonds. The van der Waals surface area contributed by atoms with E-state index in [1.54, 1.807) is 30.3 Å². The largest absolute Gasteiger partial charge is 0.546 e. The molecule has 0 spiro atoms. The fourth-order valence-corrected chi connectivity index (χ4v) is 3.41. The van der Waals surface area contributed by atoms with E-state index in [0.29, 0.717) is 22.6 Å². The third-order valence-electron chi connectivity index (χ3n) is 3.86. The normalized spacial score (nSPS) is 16.1. The fourth-order valence-electron chi connectivity index (χ4n) is 2.77. The number of ether oxygens (including phenoxy) is 1. The molecule has 1 atom stereocenters. The van der Waals surface area contributed by atoms with Gasteiger partial charge in [0.1, 0.15) is 17.4 Å². The molecule has 7 heteroatoms. The maximum atomic E-state index is 12.7. The summed E-state index contributed by atoms with van der Waals surface area (Å²) in [5, 5.41) is 11.2. The Bertz CT molecular complexity index is 831. The van der Waals surface area contributed by atoms with Crippen LogP contribution in [-0.4, -0.2) is 18.4 Å². The van der Waals surface area contributed by atoms with Crippen molar-refractivity contribution in [2.75, 3.05) is 6.61 Å². The zero-order valence-electron chi connectivity index (χ0n) is 12.1. The number of carboxylic acid groups (broad SMARTS) is 1. The summed E-state index contributed by atoms with van der Waals surface area (Å²) in [4.78, 5) is 23.3. The van der Waals surface area contributed by atoms with Crippen LogP contribution >= 0.6 is 34.8 Å². The summed E-state index contributed by atoms with van der Waals surface area (Å²) in [6.45, 7) is -0.649. The highest BCUT2D eigenvalue weighted by Crippen LogP contribution is 2.44. The second kappa shape index (κ2) is 6.63. The van der Waals surface area contributed by atoms with E-state index in [9.17, 15) is 14.7 Å². The van der Waals surface area contributed by atoms with Crippen LogP contribution in [0.5, 0.6) is 5.75 Å². The van der Waals surface area contributed by atoms with Gasteiger partial charge < -0.3 is 14.6 Å². The van der Waals surface area contributed by atoms with Crippen LogP contribution in [0.25, 0.3) is 0 Å². The predicted octanol–water partition coefficient (Wildman–Crippen LogP) is 3.30. The van der Waals surface area contributed by atoms with E-state index in [1.165, 1.54) is 0 Å². The van der Waals surface area contributed by atoms with Crippen LogP contribution in [0, 0.1) is 0 Å². The van der Waals surface area contributed by atoms with Gasteiger partial charge in [-0.25, -0.2) is 0 Å². The number of carboxylic acids is 1. The number of ketones is 1. The zero-order chi connectivity index (χ0) is 17.4. The Morgan fingerprint density at radius 1 is 1.17 bits per heavy atom. The Hall–Kier alpha value is -1.75. The van der Waals surface area contributed by atoms with Crippen molar-refractivity contribution in [3.05, 3.63) is 62.1 Å². The summed E-state index contributed by atoms with van der Waals surface area (Å²) in [6.07, 6.45) is 0.425. The van der Waals surface area contributed by atoms with E-state index in [-0.39, 0.29) is 27.5 Å². The average Bonchev–Trinajstić information content (AvgIpc) is 2.87. The minimum absolute atomic E-state index is 0.0155. The molecule has 4 nitrogen and oxygen atoms in total. The molecule has 0 fully saturated rings. The Balaban J connectivity index is 1.97. The van der Waals surface area contributed by atoms with E-state index in [1.807, 2.05) is 0 Å². The second-order valence-corrected chi connectivity index (χ2v) is 6.56. The molecular formula is C17H10Cl3O4-. The highest BCUT2D eigenvalue weighted by Gasteiger charge is 2.35.